The van der Waals surface area contributed by atoms with E-state index in [1.807, 2.05) is 0 Å². The fourth-order valence-corrected chi connectivity index (χ4v) is 10.1. The number of allylic oxidation sites excluding steroid dienone is 6. The van der Waals surface area contributed by atoms with Gasteiger partial charge in [-0.15, -0.1) is 0 Å². The number of esters is 3. The fourth-order valence-electron chi connectivity index (χ4n) is 10.1. The van der Waals surface area contributed by atoms with Crippen LogP contribution in [-0.4, -0.2) is 37.2 Å². The molecule has 0 amide bonds. The van der Waals surface area contributed by atoms with Crippen molar-refractivity contribution in [2.75, 3.05) is 13.2 Å². The second-order valence-electron chi connectivity index (χ2n) is 22.7. The molecule has 0 saturated carbocycles. The Balaban J connectivity index is 4.02. The van der Waals surface area contributed by atoms with E-state index in [4.69, 9.17) is 14.2 Å². The van der Waals surface area contributed by atoms with Crippen molar-refractivity contribution in [1.29, 1.82) is 0 Å². The normalized spacial score (nSPS) is 12.2. The lowest BCUT2D eigenvalue weighted by atomic mass is 10.0. The zero-order valence-corrected chi connectivity index (χ0v) is 50.6. The lowest BCUT2D eigenvalue weighted by Gasteiger charge is -2.18. The minimum absolute atomic E-state index is 0.0684. The molecule has 0 aromatic carbocycles. The van der Waals surface area contributed by atoms with Crippen LogP contribution in [0.15, 0.2) is 36.5 Å². The predicted molar refractivity (Wildman–Crippen MR) is 326 cm³/mol. The summed E-state index contributed by atoms with van der Waals surface area (Å²) in [6, 6.07) is 0. The number of rotatable bonds is 62. The maximum atomic E-state index is 12.9. The van der Waals surface area contributed by atoms with E-state index in [-0.39, 0.29) is 31.1 Å². The van der Waals surface area contributed by atoms with Crippen LogP contribution in [-0.2, 0) is 28.6 Å². The summed E-state index contributed by atoms with van der Waals surface area (Å²) in [6.45, 7) is 6.63. The molecule has 0 saturated heterocycles. The maximum absolute atomic E-state index is 12.9. The number of hydrogen-bond donors (Lipinski definition) is 0. The maximum Gasteiger partial charge on any atom is 0.306 e. The van der Waals surface area contributed by atoms with Gasteiger partial charge in [0.15, 0.2) is 6.10 Å². The van der Waals surface area contributed by atoms with E-state index < -0.39 is 6.10 Å². The van der Waals surface area contributed by atoms with Crippen molar-refractivity contribution in [3.05, 3.63) is 36.5 Å². The molecular formula is C69H128O6. The van der Waals surface area contributed by atoms with Crippen molar-refractivity contribution >= 4 is 17.9 Å². The van der Waals surface area contributed by atoms with Crippen LogP contribution in [0, 0.1) is 0 Å². The zero-order chi connectivity index (χ0) is 54.3. The highest BCUT2D eigenvalue weighted by Gasteiger charge is 2.19. The topological polar surface area (TPSA) is 78.9 Å². The lowest BCUT2D eigenvalue weighted by Crippen LogP contribution is -2.30. The van der Waals surface area contributed by atoms with Crippen LogP contribution >= 0.6 is 0 Å². The smallest absolute Gasteiger partial charge is 0.306 e. The van der Waals surface area contributed by atoms with E-state index in [1.165, 1.54) is 257 Å². The highest BCUT2D eigenvalue weighted by atomic mass is 16.6. The molecule has 0 aliphatic heterocycles. The Morgan fingerprint density at radius 1 is 0.267 bits per heavy atom. The number of hydrogen-bond acceptors (Lipinski definition) is 6. The Bertz CT molecular complexity index is 1250. The van der Waals surface area contributed by atoms with Crippen molar-refractivity contribution in [1.82, 2.24) is 0 Å². The largest absolute Gasteiger partial charge is 0.462 e. The van der Waals surface area contributed by atoms with Crippen molar-refractivity contribution in [3.63, 3.8) is 0 Å². The number of unbranched alkanes of at least 4 members (excludes halogenated alkanes) is 45. The number of carbonyl (C=O) groups is 3. The molecule has 6 heteroatoms. The monoisotopic (exact) mass is 1050 g/mol. The van der Waals surface area contributed by atoms with Gasteiger partial charge in [-0.05, 0) is 57.8 Å². The van der Waals surface area contributed by atoms with Gasteiger partial charge in [0.05, 0.1) is 0 Å². The summed E-state index contributed by atoms with van der Waals surface area (Å²) in [7, 11) is 0. The van der Waals surface area contributed by atoms with E-state index in [1.54, 1.807) is 0 Å². The summed E-state index contributed by atoms with van der Waals surface area (Å²) in [5, 5.41) is 0. The summed E-state index contributed by atoms with van der Waals surface area (Å²) in [5.74, 6) is -0.856. The number of ether oxygens (including phenoxy) is 3. The van der Waals surface area contributed by atoms with Gasteiger partial charge in [0, 0.05) is 19.3 Å². The van der Waals surface area contributed by atoms with Gasteiger partial charge in [0.2, 0.25) is 0 Å². The molecule has 0 spiro atoms. The van der Waals surface area contributed by atoms with Gasteiger partial charge < -0.3 is 14.2 Å². The van der Waals surface area contributed by atoms with Gasteiger partial charge in [-0.2, -0.15) is 0 Å². The molecule has 75 heavy (non-hydrogen) atoms. The van der Waals surface area contributed by atoms with Gasteiger partial charge >= 0.3 is 17.9 Å². The van der Waals surface area contributed by atoms with Crippen LogP contribution in [0.2, 0.25) is 0 Å². The summed E-state index contributed by atoms with van der Waals surface area (Å²) in [4.78, 5) is 38.0. The third-order valence-corrected chi connectivity index (χ3v) is 15.1. The Kier molecular flexibility index (Phi) is 62.1. The molecule has 6 nitrogen and oxygen atoms in total. The molecule has 0 heterocycles. The zero-order valence-electron chi connectivity index (χ0n) is 50.6. The quantitative estimate of drug-likeness (QED) is 0.0261. The SMILES string of the molecule is CCCCCCC/C=C\C/C=C\C/C=C\CCCCCCCCCCCCCCC(=O)OCC(COC(=O)CCCCCCCC)OC(=O)CCCCCCCCCCCCCCCCCCCCCCCCCC. The standard InChI is InChI=1S/C69H128O6/c1-4-7-10-13-16-18-20-22-24-26-28-30-32-34-35-36-38-39-41-43-45-47-49-51-53-56-59-62-68(71)74-65-66(64-73-67(70)61-58-55-15-12-9-6-3)75-69(72)63-60-57-54-52-50-48-46-44-42-40-37-33-31-29-27-25-23-21-19-17-14-11-8-5-2/h20,22,26,28,32,34,66H,4-19,21,23-25,27,29-31,33,35-65H2,1-3H3/b22-20-,28-26-,34-32-. The Labute approximate surface area is 467 Å². The van der Waals surface area contributed by atoms with Crippen molar-refractivity contribution < 1.29 is 28.6 Å². The van der Waals surface area contributed by atoms with Crippen molar-refractivity contribution in [3.8, 4) is 0 Å². The van der Waals surface area contributed by atoms with Crippen molar-refractivity contribution in [2.45, 2.75) is 374 Å². The minimum atomic E-state index is -0.767. The van der Waals surface area contributed by atoms with E-state index >= 15 is 0 Å². The van der Waals surface area contributed by atoms with E-state index in [0.717, 1.165) is 70.6 Å². The third kappa shape index (κ3) is 62.4. The fraction of sp³-hybridized carbons (Fsp3) is 0.870. The van der Waals surface area contributed by atoms with Crippen molar-refractivity contribution in [2.24, 2.45) is 0 Å². The van der Waals surface area contributed by atoms with Gasteiger partial charge in [-0.25, -0.2) is 0 Å². The molecule has 0 aliphatic rings. The first-order valence-electron chi connectivity index (χ1n) is 33.5. The van der Waals surface area contributed by atoms with Crippen LogP contribution in [0.4, 0.5) is 0 Å². The summed E-state index contributed by atoms with van der Waals surface area (Å²) in [6.07, 6.45) is 79.2. The van der Waals surface area contributed by atoms with Gasteiger partial charge in [0.25, 0.3) is 0 Å². The molecule has 0 N–H and O–H groups in total. The van der Waals surface area contributed by atoms with Crippen LogP contribution in [0.5, 0.6) is 0 Å². The second kappa shape index (κ2) is 64.2. The first kappa shape index (κ1) is 72.6. The Hall–Kier alpha value is -2.37. The molecule has 0 radical (unpaired) electrons. The molecule has 0 aromatic rings. The first-order chi connectivity index (χ1) is 37.0. The molecule has 0 aliphatic carbocycles. The third-order valence-electron chi connectivity index (χ3n) is 15.1. The van der Waals surface area contributed by atoms with Crippen LogP contribution < -0.4 is 0 Å². The summed E-state index contributed by atoms with van der Waals surface area (Å²) >= 11 is 0. The average Bonchev–Trinajstić information content (AvgIpc) is 3.41. The van der Waals surface area contributed by atoms with E-state index in [0.29, 0.717) is 19.3 Å². The lowest BCUT2D eigenvalue weighted by molar-refractivity contribution is -0.167. The Morgan fingerprint density at radius 3 is 0.747 bits per heavy atom. The van der Waals surface area contributed by atoms with E-state index in [2.05, 4.69) is 57.2 Å². The second-order valence-corrected chi connectivity index (χ2v) is 22.7. The summed E-state index contributed by atoms with van der Waals surface area (Å²) < 4.78 is 16.8. The molecule has 0 fully saturated rings. The van der Waals surface area contributed by atoms with Gasteiger partial charge in [0.1, 0.15) is 13.2 Å². The molecule has 0 aromatic heterocycles. The average molecular weight is 1050 g/mol. The minimum Gasteiger partial charge on any atom is -0.462 e. The van der Waals surface area contributed by atoms with Gasteiger partial charge in [-0.3, -0.25) is 14.4 Å². The molecule has 1 atom stereocenters. The van der Waals surface area contributed by atoms with Crippen LogP contribution in [0.1, 0.15) is 367 Å². The van der Waals surface area contributed by atoms with Gasteiger partial charge in [-0.1, -0.05) is 327 Å². The molecule has 0 rings (SSSR count). The predicted octanol–water partition coefficient (Wildman–Crippen LogP) is 22.8. The van der Waals surface area contributed by atoms with E-state index in [9.17, 15) is 14.4 Å². The summed E-state index contributed by atoms with van der Waals surface area (Å²) in [5.41, 5.74) is 0. The van der Waals surface area contributed by atoms with Crippen LogP contribution in [0.25, 0.3) is 0 Å². The molecule has 1 unspecified atom stereocenters. The number of carbonyl (C=O) groups excluding carboxylic acids is 3. The highest BCUT2D eigenvalue weighted by Crippen LogP contribution is 2.18. The Morgan fingerprint density at radius 2 is 0.480 bits per heavy atom. The molecule has 0 bridgehead atoms. The highest BCUT2D eigenvalue weighted by molar-refractivity contribution is 5.71. The molecular weight excluding hydrogens is 925 g/mol. The first-order valence-corrected chi connectivity index (χ1v) is 33.5. The molecule has 440 valence electrons. The van der Waals surface area contributed by atoms with Crippen LogP contribution in [0.3, 0.4) is 0 Å².